The highest BCUT2D eigenvalue weighted by atomic mass is 35.5. The number of thiazole rings is 1. The molecule has 1 atom stereocenters. The van der Waals surface area contributed by atoms with E-state index >= 15 is 0 Å². The molecule has 4 heterocycles. The lowest BCUT2D eigenvalue weighted by atomic mass is 10.2. The summed E-state index contributed by atoms with van der Waals surface area (Å²) in [5.41, 5.74) is 1.73. The van der Waals surface area contributed by atoms with Crippen molar-refractivity contribution < 1.29 is 17.9 Å². The third-order valence-electron chi connectivity index (χ3n) is 6.48. The molecule has 202 valence electrons. The van der Waals surface area contributed by atoms with Crippen LogP contribution in [0.15, 0.2) is 28.5 Å². The number of anilines is 1. The number of carbonyl (C=O) groups excluding carboxylic acids is 1. The summed E-state index contributed by atoms with van der Waals surface area (Å²) >= 11 is 14.7. The molecular weight excluding hydrogens is 599 g/mol. The van der Waals surface area contributed by atoms with Crippen LogP contribution in [-0.4, -0.2) is 80.5 Å². The molecule has 2 aliphatic rings. The number of benzene rings is 1. The zero-order chi connectivity index (χ0) is 25.4. The maximum atomic E-state index is 14.0. The summed E-state index contributed by atoms with van der Waals surface area (Å²) in [4.78, 5) is 22.7. The SMILES string of the molecule is Cc1cc(Cl)cc2sc(N(CCN3CCOCC3)C(=O)C3CCCN3S(=O)(=O)c3ccc(Cl)s3)nc12.Cl. The summed E-state index contributed by atoms with van der Waals surface area (Å²) in [5, 5.41) is 1.17. The molecule has 2 aliphatic heterocycles. The molecule has 2 aromatic heterocycles. The van der Waals surface area contributed by atoms with Crippen LogP contribution in [0.4, 0.5) is 5.13 Å². The van der Waals surface area contributed by atoms with Crippen LogP contribution >= 0.6 is 58.3 Å². The minimum atomic E-state index is -3.84. The molecule has 2 saturated heterocycles. The maximum absolute atomic E-state index is 14.0. The van der Waals surface area contributed by atoms with Gasteiger partial charge in [-0.25, -0.2) is 13.4 Å². The molecule has 0 aliphatic carbocycles. The van der Waals surface area contributed by atoms with Gasteiger partial charge in [-0.2, -0.15) is 4.31 Å². The molecule has 5 rings (SSSR count). The van der Waals surface area contributed by atoms with E-state index in [1.165, 1.54) is 21.7 Å². The summed E-state index contributed by atoms with van der Waals surface area (Å²) in [6.07, 6.45) is 1.07. The number of thiophene rings is 1. The first kappa shape index (κ1) is 29.0. The van der Waals surface area contributed by atoms with Crippen LogP contribution in [0.25, 0.3) is 10.2 Å². The number of rotatable bonds is 7. The summed E-state index contributed by atoms with van der Waals surface area (Å²) < 4.78 is 35.0. The van der Waals surface area contributed by atoms with Crippen molar-refractivity contribution in [1.29, 1.82) is 0 Å². The van der Waals surface area contributed by atoms with Gasteiger partial charge in [0.2, 0.25) is 5.91 Å². The molecule has 14 heteroatoms. The number of ether oxygens (including phenoxy) is 1. The number of nitrogens with zero attached hydrogens (tertiary/aromatic N) is 4. The van der Waals surface area contributed by atoms with Crippen molar-refractivity contribution in [2.45, 2.75) is 30.0 Å². The maximum Gasteiger partial charge on any atom is 0.253 e. The fourth-order valence-electron chi connectivity index (χ4n) is 4.63. The number of carbonyl (C=O) groups is 1. The molecule has 0 saturated carbocycles. The van der Waals surface area contributed by atoms with Crippen molar-refractivity contribution >= 4 is 89.6 Å². The lowest BCUT2D eigenvalue weighted by molar-refractivity contribution is -0.121. The number of sulfonamides is 1. The summed E-state index contributed by atoms with van der Waals surface area (Å²) in [6, 6.07) is 5.97. The smallest absolute Gasteiger partial charge is 0.253 e. The Morgan fingerprint density at radius 3 is 2.65 bits per heavy atom. The second-order valence-corrected chi connectivity index (χ2v) is 14.1. The molecule has 3 aromatic rings. The van der Waals surface area contributed by atoms with Crippen LogP contribution in [0.2, 0.25) is 9.36 Å². The summed E-state index contributed by atoms with van der Waals surface area (Å²) in [7, 11) is -3.84. The van der Waals surface area contributed by atoms with Gasteiger partial charge in [-0.3, -0.25) is 14.6 Å². The Kier molecular flexibility index (Phi) is 9.41. The lowest BCUT2D eigenvalue weighted by Crippen LogP contribution is -2.50. The van der Waals surface area contributed by atoms with E-state index in [4.69, 9.17) is 32.9 Å². The quantitative estimate of drug-likeness (QED) is 0.371. The third-order valence-corrected chi connectivity index (χ3v) is 11.3. The highest BCUT2D eigenvalue weighted by Gasteiger charge is 2.42. The monoisotopic (exact) mass is 624 g/mol. The van der Waals surface area contributed by atoms with Crippen molar-refractivity contribution in [3.63, 3.8) is 0 Å². The molecule has 0 spiro atoms. The van der Waals surface area contributed by atoms with Gasteiger partial charge in [0.1, 0.15) is 10.3 Å². The van der Waals surface area contributed by atoms with E-state index in [-0.39, 0.29) is 22.5 Å². The number of aromatic nitrogens is 1. The highest BCUT2D eigenvalue weighted by Crippen LogP contribution is 2.36. The van der Waals surface area contributed by atoms with E-state index in [2.05, 4.69) is 4.90 Å². The molecule has 1 unspecified atom stereocenters. The summed E-state index contributed by atoms with van der Waals surface area (Å²) in [5.74, 6) is -0.255. The Bertz CT molecular complexity index is 1370. The van der Waals surface area contributed by atoms with Gasteiger partial charge >= 0.3 is 0 Å². The van der Waals surface area contributed by atoms with Gasteiger partial charge in [0, 0.05) is 37.7 Å². The van der Waals surface area contributed by atoms with Crippen molar-refractivity contribution in [3.8, 4) is 0 Å². The number of morpholine rings is 1. The Morgan fingerprint density at radius 1 is 1.19 bits per heavy atom. The topological polar surface area (TPSA) is 83.0 Å². The predicted molar refractivity (Wildman–Crippen MR) is 152 cm³/mol. The third kappa shape index (κ3) is 6.10. The standard InChI is InChI=1S/C23H26Cl2N4O4S3.ClH/c1-15-13-16(24)14-18-21(15)26-23(34-18)28(8-7-27-9-11-33-12-10-27)22(30)17-3-2-6-29(17)36(31,32)20-5-4-19(25)35-20;/h4-5,13-14,17H,2-3,6-12H2,1H3;1H. The number of halogens is 3. The number of aryl methyl sites for hydroxylation is 1. The molecule has 8 nitrogen and oxygen atoms in total. The van der Waals surface area contributed by atoms with Gasteiger partial charge in [0.05, 0.1) is 27.8 Å². The zero-order valence-electron chi connectivity index (χ0n) is 20.1. The van der Waals surface area contributed by atoms with Gasteiger partial charge < -0.3 is 4.74 Å². The molecule has 0 N–H and O–H groups in total. The first-order valence-corrected chi connectivity index (χ1v) is 15.5. The highest BCUT2D eigenvalue weighted by molar-refractivity contribution is 7.91. The van der Waals surface area contributed by atoms with E-state index in [1.54, 1.807) is 11.0 Å². The van der Waals surface area contributed by atoms with Gasteiger partial charge in [0.25, 0.3) is 10.0 Å². The molecule has 2 fully saturated rings. The molecular formula is C23H27Cl3N4O4S3. The number of amides is 1. The normalized spacial score (nSPS) is 19.3. The molecule has 1 amide bonds. The second kappa shape index (κ2) is 12.0. The Morgan fingerprint density at radius 2 is 1.95 bits per heavy atom. The fraction of sp³-hybridized carbons (Fsp3) is 0.478. The molecule has 0 radical (unpaired) electrons. The largest absolute Gasteiger partial charge is 0.379 e. The van der Waals surface area contributed by atoms with Crippen LogP contribution in [0.5, 0.6) is 0 Å². The number of hydrogen-bond acceptors (Lipinski definition) is 8. The van der Waals surface area contributed by atoms with Crippen molar-refractivity contribution in [1.82, 2.24) is 14.2 Å². The van der Waals surface area contributed by atoms with E-state index in [9.17, 15) is 13.2 Å². The van der Waals surface area contributed by atoms with E-state index in [0.29, 0.717) is 60.2 Å². The Labute approximate surface area is 240 Å². The fourth-order valence-corrected chi connectivity index (χ4v) is 9.35. The van der Waals surface area contributed by atoms with Crippen molar-refractivity contribution in [2.24, 2.45) is 0 Å². The molecule has 0 bridgehead atoms. The minimum Gasteiger partial charge on any atom is -0.379 e. The number of hydrogen-bond donors (Lipinski definition) is 0. The van der Waals surface area contributed by atoms with Crippen LogP contribution in [0.1, 0.15) is 18.4 Å². The predicted octanol–water partition coefficient (Wildman–Crippen LogP) is 4.91. The summed E-state index contributed by atoms with van der Waals surface area (Å²) in [6.45, 7) is 6.18. The van der Waals surface area contributed by atoms with Crippen molar-refractivity contribution in [2.75, 3.05) is 50.8 Å². The van der Waals surface area contributed by atoms with Gasteiger partial charge in [0.15, 0.2) is 5.13 Å². The van der Waals surface area contributed by atoms with Crippen molar-refractivity contribution in [3.05, 3.63) is 39.2 Å². The van der Waals surface area contributed by atoms with Gasteiger partial charge in [-0.1, -0.05) is 34.5 Å². The van der Waals surface area contributed by atoms with E-state index in [1.807, 2.05) is 19.1 Å². The second-order valence-electron chi connectivity index (χ2n) is 8.84. The zero-order valence-corrected chi connectivity index (χ0v) is 24.8. The molecule has 37 heavy (non-hydrogen) atoms. The minimum absolute atomic E-state index is 0. The lowest BCUT2D eigenvalue weighted by Gasteiger charge is -2.31. The Hall–Kier alpha value is -1.02. The van der Waals surface area contributed by atoms with Crippen LogP contribution < -0.4 is 4.90 Å². The first-order chi connectivity index (χ1) is 17.2. The van der Waals surface area contributed by atoms with Crippen LogP contribution in [0.3, 0.4) is 0 Å². The van der Waals surface area contributed by atoms with Gasteiger partial charge in [-0.05, 0) is 49.6 Å². The van der Waals surface area contributed by atoms with Crippen LogP contribution in [-0.2, 0) is 19.6 Å². The van der Waals surface area contributed by atoms with E-state index in [0.717, 1.165) is 40.2 Å². The average molecular weight is 626 g/mol. The van der Waals surface area contributed by atoms with Gasteiger partial charge in [-0.15, -0.1) is 23.7 Å². The first-order valence-electron chi connectivity index (χ1n) is 11.7. The average Bonchev–Trinajstić information content (AvgIpc) is 3.59. The van der Waals surface area contributed by atoms with Crippen LogP contribution in [0, 0.1) is 6.92 Å². The van der Waals surface area contributed by atoms with E-state index < -0.39 is 16.1 Å². The number of fused-ring (bicyclic) bond motifs is 1. The Balaban J connectivity index is 0.00000320. The molecule has 1 aromatic carbocycles.